The van der Waals surface area contributed by atoms with Gasteiger partial charge in [-0.25, -0.2) is 0 Å². The summed E-state index contributed by atoms with van der Waals surface area (Å²) in [7, 11) is 0. The molecule has 0 aromatic carbocycles. The highest BCUT2D eigenvalue weighted by atomic mass is 16.5. The summed E-state index contributed by atoms with van der Waals surface area (Å²) < 4.78 is 4.94. The van der Waals surface area contributed by atoms with Crippen molar-refractivity contribution in [3.8, 4) is 0 Å². The van der Waals surface area contributed by atoms with Crippen LogP contribution in [0.2, 0.25) is 0 Å². The van der Waals surface area contributed by atoms with Crippen LogP contribution in [0.4, 0.5) is 0 Å². The van der Waals surface area contributed by atoms with E-state index in [1.165, 1.54) is 5.56 Å². The number of esters is 1. The van der Waals surface area contributed by atoms with Gasteiger partial charge in [-0.15, -0.1) is 0 Å². The van der Waals surface area contributed by atoms with Crippen LogP contribution < -0.4 is 5.32 Å². The molecular weight excluding hydrogens is 216 g/mol. The fraction of sp³-hybridized carbons (Fsp3) is 0.538. The van der Waals surface area contributed by atoms with Gasteiger partial charge in [0.1, 0.15) is 0 Å². The maximum Gasteiger partial charge on any atom is 0.307 e. The Morgan fingerprint density at radius 2 is 2.12 bits per heavy atom. The van der Waals surface area contributed by atoms with Crippen LogP contribution in [0.1, 0.15) is 32.3 Å². The zero-order valence-corrected chi connectivity index (χ0v) is 10.5. The monoisotopic (exact) mass is 236 g/mol. The second-order valence-electron chi connectivity index (χ2n) is 3.85. The summed E-state index contributed by atoms with van der Waals surface area (Å²) in [5.74, 6) is -0.137. The van der Waals surface area contributed by atoms with E-state index in [0.717, 1.165) is 13.0 Å². The number of nitrogens with zero attached hydrogens (tertiary/aromatic N) is 1. The number of hydrogen-bond acceptors (Lipinski definition) is 4. The topological polar surface area (TPSA) is 51.2 Å². The van der Waals surface area contributed by atoms with E-state index in [9.17, 15) is 4.79 Å². The van der Waals surface area contributed by atoms with E-state index in [-0.39, 0.29) is 12.0 Å². The lowest BCUT2D eigenvalue weighted by molar-refractivity contribution is -0.143. The van der Waals surface area contributed by atoms with E-state index in [2.05, 4.69) is 17.2 Å². The minimum atomic E-state index is -0.137. The van der Waals surface area contributed by atoms with Crippen LogP contribution in [0, 0.1) is 0 Å². The van der Waals surface area contributed by atoms with Crippen molar-refractivity contribution >= 4 is 5.97 Å². The Morgan fingerprint density at radius 3 is 2.71 bits per heavy atom. The van der Waals surface area contributed by atoms with Crippen LogP contribution >= 0.6 is 0 Å². The summed E-state index contributed by atoms with van der Waals surface area (Å²) in [5.41, 5.74) is 1.17. The Morgan fingerprint density at radius 1 is 1.41 bits per heavy atom. The van der Waals surface area contributed by atoms with Gasteiger partial charge in [0.25, 0.3) is 0 Å². The molecule has 1 aromatic heterocycles. The van der Waals surface area contributed by atoms with E-state index in [1.54, 1.807) is 12.4 Å². The molecule has 1 rings (SSSR count). The third-order valence-electron chi connectivity index (χ3n) is 2.56. The zero-order chi connectivity index (χ0) is 12.5. The third-order valence-corrected chi connectivity index (χ3v) is 2.56. The fourth-order valence-corrected chi connectivity index (χ4v) is 1.54. The van der Waals surface area contributed by atoms with Gasteiger partial charge < -0.3 is 10.1 Å². The standard InChI is InChI=1S/C13H20N2O2/c1-3-12(9-13(16)17-4-2)15-10-11-5-7-14-8-6-11/h5-8,12,15H,3-4,9-10H2,1-2H3. The number of carbonyl (C=O) groups excluding carboxylic acids is 1. The van der Waals surface area contributed by atoms with Gasteiger partial charge in [0.2, 0.25) is 0 Å². The Hall–Kier alpha value is -1.42. The van der Waals surface area contributed by atoms with Gasteiger partial charge in [0.05, 0.1) is 13.0 Å². The Kier molecular flexibility index (Phi) is 6.25. The molecule has 1 heterocycles. The highest BCUT2D eigenvalue weighted by Gasteiger charge is 2.11. The predicted octanol–water partition coefficient (Wildman–Crippen LogP) is 1.90. The van der Waals surface area contributed by atoms with Gasteiger partial charge in [-0.2, -0.15) is 0 Å². The van der Waals surface area contributed by atoms with Crippen molar-refractivity contribution in [3.05, 3.63) is 30.1 Å². The summed E-state index contributed by atoms with van der Waals surface area (Å²) in [5, 5.41) is 3.35. The highest BCUT2D eigenvalue weighted by Crippen LogP contribution is 2.03. The van der Waals surface area contributed by atoms with Crippen LogP contribution in [-0.4, -0.2) is 23.6 Å². The first-order valence-corrected chi connectivity index (χ1v) is 6.04. The maximum atomic E-state index is 11.4. The molecule has 0 fully saturated rings. The highest BCUT2D eigenvalue weighted by molar-refractivity contribution is 5.70. The molecule has 0 bridgehead atoms. The molecule has 4 heteroatoms. The Labute approximate surface area is 102 Å². The molecule has 0 amide bonds. The van der Waals surface area contributed by atoms with Gasteiger partial charge in [0.15, 0.2) is 0 Å². The summed E-state index contributed by atoms with van der Waals surface area (Å²) in [4.78, 5) is 15.3. The molecule has 0 aliphatic carbocycles. The first kappa shape index (κ1) is 13.6. The lowest BCUT2D eigenvalue weighted by atomic mass is 10.1. The van der Waals surface area contributed by atoms with E-state index >= 15 is 0 Å². The van der Waals surface area contributed by atoms with Gasteiger partial charge in [0, 0.05) is 25.0 Å². The van der Waals surface area contributed by atoms with E-state index in [0.29, 0.717) is 13.0 Å². The molecule has 0 saturated heterocycles. The van der Waals surface area contributed by atoms with Gasteiger partial charge in [-0.3, -0.25) is 9.78 Å². The summed E-state index contributed by atoms with van der Waals surface area (Å²) in [6, 6.07) is 4.09. The molecule has 0 radical (unpaired) electrons. The Bertz CT molecular complexity index is 327. The average molecular weight is 236 g/mol. The molecule has 0 spiro atoms. The summed E-state index contributed by atoms with van der Waals surface area (Å²) >= 11 is 0. The molecule has 1 N–H and O–H groups in total. The van der Waals surface area contributed by atoms with Gasteiger partial charge >= 0.3 is 5.97 Å². The normalized spacial score (nSPS) is 12.1. The first-order valence-electron chi connectivity index (χ1n) is 6.04. The molecular formula is C13H20N2O2. The Balaban J connectivity index is 2.34. The number of carbonyl (C=O) groups is 1. The quantitative estimate of drug-likeness (QED) is 0.735. The lowest BCUT2D eigenvalue weighted by Crippen LogP contribution is -2.31. The lowest BCUT2D eigenvalue weighted by Gasteiger charge is -2.15. The van der Waals surface area contributed by atoms with Crippen LogP contribution in [0.15, 0.2) is 24.5 Å². The molecule has 4 nitrogen and oxygen atoms in total. The zero-order valence-electron chi connectivity index (χ0n) is 10.5. The van der Waals surface area contributed by atoms with Gasteiger partial charge in [-0.1, -0.05) is 6.92 Å². The van der Waals surface area contributed by atoms with Crippen LogP contribution in [0.3, 0.4) is 0 Å². The summed E-state index contributed by atoms with van der Waals surface area (Å²) in [6.07, 6.45) is 4.87. The second kappa shape index (κ2) is 7.79. The van der Waals surface area contributed by atoms with Gasteiger partial charge in [-0.05, 0) is 31.0 Å². The molecule has 94 valence electrons. The number of ether oxygens (including phenoxy) is 1. The largest absolute Gasteiger partial charge is 0.466 e. The van der Waals surface area contributed by atoms with Crippen LogP contribution in [-0.2, 0) is 16.1 Å². The summed E-state index contributed by atoms with van der Waals surface area (Å²) in [6.45, 7) is 5.08. The number of aromatic nitrogens is 1. The molecule has 1 aromatic rings. The van der Waals surface area contributed by atoms with Crippen LogP contribution in [0.25, 0.3) is 0 Å². The average Bonchev–Trinajstić information content (AvgIpc) is 2.36. The molecule has 1 atom stereocenters. The minimum absolute atomic E-state index is 0.137. The maximum absolute atomic E-state index is 11.4. The minimum Gasteiger partial charge on any atom is -0.466 e. The molecule has 17 heavy (non-hydrogen) atoms. The fourth-order valence-electron chi connectivity index (χ4n) is 1.54. The van der Waals surface area contributed by atoms with Crippen molar-refractivity contribution in [2.75, 3.05) is 6.61 Å². The third kappa shape index (κ3) is 5.45. The second-order valence-corrected chi connectivity index (χ2v) is 3.85. The van der Waals surface area contributed by atoms with E-state index < -0.39 is 0 Å². The van der Waals surface area contributed by atoms with Crippen LogP contribution in [0.5, 0.6) is 0 Å². The number of rotatable bonds is 7. The molecule has 0 aliphatic rings. The number of nitrogens with one attached hydrogen (secondary N) is 1. The van der Waals surface area contributed by atoms with E-state index in [1.807, 2.05) is 19.1 Å². The first-order chi connectivity index (χ1) is 8.26. The van der Waals surface area contributed by atoms with Crippen molar-refractivity contribution in [1.82, 2.24) is 10.3 Å². The smallest absolute Gasteiger partial charge is 0.307 e. The van der Waals surface area contributed by atoms with Crippen molar-refractivity contribution in [2.45, 2.75) is 39.3 Å². The molecule has 1 unspecified atom stereocenters. The number of hydrogen-bond donors (Lipinski definition) is 1. The number of pyridine rings is 1. The van der Waals surface area contributed by atoms with Crippen molar-refractivity contribution in [2.24, 2.45) is 0 Å². The molecule has 0 saturated carbocycles. The van der Waals surface area contributed by atoms with Crippen molar-refractivity contribution < 1.29 is 9.53 Å². The van der Waals surface area contributed by atoms with Crippen molar-refractivity contribution in [1.29, 1.82) is 0 Å². The predicted molar refractivity (Wildman–Crippen MR) is 66.4 cm³/mol. The van der Waals surface area contributed by atoms with Crippen molar-refractivity contribution in [3.63, 3.8) is 0 Å². The molecule has 0 aliphatic heterocycles. The van der Waals surface area contributed by atoms with E-state index in [4.69, 9.17) is 4.74 Å². The SMILES string of the molecule is CCOC(=O)CC(CC)NCc1ccncc1.